The van der Waals surface area contributed by atoms with Crippen molar-refractivity contribution in [1.82, 2.24) is 19.2 Å². The van der Waals surface area contributed by atoms with Gasteiger partial charge in [-0.3, -0.25) is 29.1 Å². The van der Waals surface area contributed by atoms with Crippen LogP contribution in [0.4, 0.5) is 5.69 Å². The van der Waals surface area contributed by atoms with Crippen LogP contribution in [0.15, 0.2) is 63.6 Å². The fraction of sp³-hybridized carbons (Fsp3) is 0.250. The van der Waals surface area contributed by atoms with E-state index in [9.17, 15) is 27.9 Å². The first-order valence-corrected chi connectivity index (χ1v) is 15.3. The van der Waals surface area contributed by atoms with Crippen molar-refractivity contribution in [2.75, 3.05) is 11.9 Å². The Kier molecular flexibility index (Phi) is 6.90. The molecule has 2 aliphatic rings. The number of hydrogen-bond donors (Lipinski definition) is 2. The largest absolute Gasteiger partial charge is 0.593 e. The van der Waals surface area contributed by atoms with E-state index >= 15 is 0 Å². The van der Waals surface area contributed by atoms with Crippen LogP contribution in [0.1, 0.15) is 45.5 Å². The van der Waals surface area contributed by atoms with Gasteiger partial charge in [0, 0.05) is 19.0 Å². The van der Waals surface area contributed by atoms with Gasteiger partial charge in [0.15, 0.2) is 15.3 Å². The molecule has 4 heterocycles. The topological polar surface area (TPSA) is 154 Å². The number of imide groups is 1. The fourth-order valence-corrected chi connectivity index (χ4v) is 8.10. The molecule has 2 aliphatic heterocycles. The van der Waals surface area contributed by atoms with Gasteiger partial charge in [0.05, 0.1) is 17.6 Å². The Balaban J connectivity index is 1.30. The molecule has 13 heteroatoms. The number of thiophene rings is 1. The van der Waals surface area contributed by atoms with Crippen molar-refractivity contribution in [2.24, 2.45) is 0 Å². The van der Waals surface area contributed by atoms with E-state index in [4.69, 9.17) is 0 Å². The van der Waals surface area contributed by atoms with Gasteiger partial charge in [-0.25, -0.2) is 4.98 Å². The number of hydrogen-bond acceptors (Lipinski definition) is 8. The lowest BCUT2D eigenvalue weighted by molar-refractivity contribution is -0.135. The highest BCUT2D eigenvalue weighted by atomic mass is 32.3. The third-order valence-corrected chi connectivity index (χ3v) is 10.4. The van der Waals surface area contributed by atoms with E-state index in [0.717, 1.165) is 22.5 Å². The normalized spacial score (nSPS) is 18.9. The molecule has 0 aliphatic carbocycles. The van der Waals surface area contributed by atoms with Gasteiger partial charge < -0.3 is 9.87 Å². The van der Waals surface area contributed by atoms with E-state index in [1.165, 1.54) is 21.0 Å². The molecule has 4 aromatic rings. The van der Waals surface area contributed by atoms with Crippen LogP contribution in [-0.2, 0) is 37.2 Å². The van der Waals surface area contributed by atoms with Gasteiger partial charge in [-0.2, -0.15) is 0 Å². The lowest BCUT2D eigenvalue weighted by Crippen LogP contribution is -2.45. The number of piperidine rings is 1. The van der Waals surface area contributed by atoms with E-state index in [1.54, 1.807) is 24.4 Å². The van der Waals surface area contributed by atoms with Crippen LogP contribution in [0.3, 0.4) is 0 Å². The molecule has 2 unspecified atom stereocenters. The first kappa shape index (κ1) is 27.1. The predicted octanol–water partition coefficient (Wildman–Crippen LogP) is 2.96. The number of amides is 3. The average Bonchev–Trinajstić information content (AvgIpc) is 3.46. The monoisotopic (exact) mass is 591 g/mol. The molecule has 1 saturated heterocycles. The van der Waals surface area contributed by atoms with Gasteiger partial charge in [-0.1, -0.05) is 34.5 Å². The summed E-state index contributed by atoms with van der Waals surface area (Å²) in [7, 11) is -3.96. The summed E-state index contributed by atoms with van der Waals surface area (Å²) in [5, 5.41) is 6.73. The standard InChI is InChI=1S/C28H25N5O6S2/c1-16-29-24-19(28(37)33(16)21-9-10-23(34)31-26(21)35)7-4-8-20(24)30-27(36)25-22(12-14-40-25)41(38,39)32-13-11-17-5-2-3-6-18(17)15-32/h2-8,12,14,21H,9-11,13,15H2,1H3,(H2-,30,31,34,35,36,38,39). The molecular formula is C28H25N5O6S2. The minimum absolute atomic E-state index is 0.0227. The van der Waals surface area contributed by atoms with Gasteiger partial charge in [-0.15, -0.1) is 15.6 Å². The zero-order valence-electron chi connectivity index (χ0n) is 21.9. The van der Waals surface area contributed by atoms with Crippen LogP contribution in [-0.4, -0.2) is 42.7 Å². The summed E-state index contributed by atoms with van der Waals surface area (Å²) < 4.78 is 29.9. The highest BCUT2D eigenvalue weighted by molar-refractivity contribution is 7.95. The molecule has 2 atom stereocenters. The number of aromatic nitrogens is 2. The summed E-state index contributed by atoms with van der Waals surface area (Å²) in [6, 6.07) is 12.9. The van der Waals surface area contributed by atoms with Crippen molar-refractivity contribution in [1.29, 1.82) is 0 Å². The number of nitrogens with zero attached hydrogens (tertiary/aromatic N) is 3. The second-order valence-corrected chi connectivity index (χ2v) is 12.8. The summed E-state index contributed by atoms with van der Waals surface area (Å²) in [6.07, 6.45) is 0.859. The maximum atomic E-state index is 13.6. The van der Waals surface area contributed by atoms with Crippen LogP contribution in [0.25, 0.3) is 10.9 Å². The van der Waals surface area contributed by atoms with Gasteiger partial charge >= 0.3 is 0 Å². The number of benzene rings is 2. The second kappa shape index (κ2) is 10.4. The zero-order chi connectivity index (χ0) is 28.9. The molecular weight excluding hydrogens is 566 g/mol. The van der Waals surface area contributed by atoms with Crippen LogP contribution < -0.4 is 16.2 Å². The summed E-state index contributed by atoms with van der Waals surface area (Å²) >= 11 is 1.01. The Bertz CT molecular complexity index is 1850. The summed E-state index contributed by atoms with van der Waals surface area (Å²) in [4.78, 5) is 55.4. The molecule has 0 saturated carbocycles. The molecule has 0 bridgehead atoms. The number of nitrogens with one attached hydrogen (secondary N) is 2. The minimum Gasteiger partial charge on any atom is -0.593 e. The van der Waals surface area contributed by atoms with Gasteiger partial charge in [-0.05, 0) is 48.4 Å². The number of para-hydroxylation sites is 1. The average molecular weight is 592 g/mol. The van der Waals surface area contributed by atoms with E-state index in [-0.39, 0.29) is 51.6 Å². The molecule has 2 aromatic carbocycles. The van der Waals surface area contributed by atoms with Crippen molar-refractivity contribution >= 4 is 56.0 Å². The molecule has 0 spiro atoms. The predicted molar refractivity (Wildman–Crippen MR) is 152 cm³/mol. The third kappa shape index (κ3) is 4.80. The number of aryl methyl sites for hydroxylation is 1. The lowest BCUT2D eigenvalue weighted by Gasteiger charge is -2.31. The molecule has 11 nitrogen and oxygen atoms in total. The van der Waals surface area contributed by atoms with Crippen molar-refractivity contribution in [3.8, 4) is 0 Å². The van der Waals surface area contributed by atoms with Crippen molar-refractivity contribution in [2.45, 2.75) is 43.7 Å². The first-order valence-electron chi connectivity index (χ1n) is 13.0. The maximum Gasteiger partial charge on any atom is 0.271 e. The Labute approximate surface area is 239 Å². The molecule has 41 heavy (non-hydrogen) atoms. The maximum absolute atomic E-state index is 13.6. The Morgan fingerprint density at radius 1 is 1.10 bits per heavy atom. The summed E-state index contributed by atoms with van der Waals surface area (Å²) in [5.41, 5.74) is 2.00. The van der Waals surface area contributed by atoms with Crippen molar-refractivity contribution in [3.05, 3.63) is 86.1 Å². The summed E-state index contributed by atoms with van der Waals surface area (Å²) in [5.74, 6) is -1.36. The number of anilines is 1. The van der Waals surface area contributed by atoms with Crippen LogP contribution in [0.2, 0.25) is 0 Å². The van der Waals surface area contributed by atoms with E-state index < -0.39 is 39.7 Å². The molecule has 6 rings (SSSR count). The van der Waals surface area contributed by atoms with Crippen LogP contribution >= 0.6 is 11.3 Å². The van der Waals surface area contributed by atoms with E-state index in [2.05, 4.69) is 15.6 Å². The Morgan fingerprint density at radius 3 is 2.66 bits per heavy atom. The quantitative estimate of drug-likeness (QED) is 0.267. The lowest BCUT2D eigenvalue weighted by atomic mass is 10.0. The molecule has 2 N–H and O–H groups in total. The zero-order valence-corrected chi connectivity index (χ0v) is 23.5. The smallest absolute Gasteiger partial charge is 0.271 e. The van der Waals surface area contributed by atoms with Crippen molar-refractivity contribution in [3.63, 3.8) is 0 Å². The van der Waals surface area contributed by atoms with Crippen LogP contribution in [0.5, 0.6) is 0 Å². The van der Waals surface area contributed by atoms with Crippen molar-refractivity contribution < 1.29 is 23.1 Å². The number of sulfonamides is 1. The van der Waals surface area contributed by atoms with Gasteiger partial charge in [0.25, 0.3) is 11.5 Å². The number of carbonyl (C=O) groups excluding carboxylic acids is 3. The molecule has 2 aromatic heterocycles. The minimum atomic E-state index is -3.96. The molecule has 0 radical (unpaired) electrons. The first-order chi connectivity index (χ1) is 19.6. The Hall–Kier alpha value is -4.04. The van der Waals surface area contributed by atoms with Gasteiger partial charge in [0.1, 0.15) is 22.3 Å². The van der Waals surface area contributed by atoms with Crippen LogP contribution in [0, 0.1) is 6.92 Å². The van der Waals surface area contributed by atoms with E-state index in [1.807, 2.05) is 24.3 Å². The third-order valence-electron chi connectivity index (χ3n) is 7.43. The second-order valence-electron chi connectivity index (χ2n) is 9.93. The number of rotatable bonds is 5. The van der Waals surface area contributed by atoms with Gasteiger partial charge in [0.2, 0.25) is 11.8 Å². The SMILES string of the molecule is Cc1nc2c(NC(=O)c3sccc3[S+](=O)([O-])N3CCc4ccccc4C3)cccc2c(=O)n1C1CCC(=O)NC1=O. The molecule has 210 valence electrons. The Morgan fingerprint density at radius 2 is 1.88 bits per heavy atom. The summed E-state index contributed by atoms with van der Waals surface area (Å²) in [6.45, 7) is 2.10. The molecule has 1 fully saturated rings. The highest BCUT2D eigenvalue weighted by Crippen LogP contribution is 2.33. The fourth-order valence-electron chi connectivity index (χ4n) is 5.38. The highest BCUT2D eigenvalue weighted by Gasteiger charge is 2.37. The number of carbonyl (C=O) groups is 3. The van der Waals surface area contributed by atoms with E-state index in [0.29, 0.717) is 13.0 Å². The number of fused-ring (bicyclic) bond motifs is 2. The molecule has 3 amide bonds.